The number of benzene rings is 2. The third kappa shape index (κ3) is 4.90. The molecule has 0 radical (unpaired) electrons. The molecule has 184 valence electrons. The van der Waals surface area contributed by atoms with Gasteiger partial charge in [0.15, 0.2) is 6.29 Å². The van der Waals surface area contributed by atoms with Crippen LogP contribution in [0.2, 0.25) is 0 Å². The summed E-state index contributed by atoms with van der Waals surface area (Å²) in [5.41, 5.74) is 3.62. The third-order valence-corrected chi connectivity index (χ3v) is 6.79. The minimum atomic E-state index is -0.900. The maximum Gasteiger partial charge on any atom is 0.336 e. The molecular weight excluding hydrogens is 476 g/mol. The van der Waals surface area contributed by atoms with Gasteiger partial charge in [0, 0.05) is 28.1 Å². The molecule has 0 bridgehead atoms. The smallest absolute Gasteiger partial charge is 0.336 e. The molecule has 0 aliphatic carbocycles. The van der Waals surface area contributed by atoms with E-state index in [0.29, 0.717) is 17.6 Å². The Hall–Kier alpha value is -3.91. The number of ether oxygens (including phenoxy) is 2. The molecule has 2 heterocycles. The molecule has 1 aromatic heterocycles. The summed E-state index contributed by atoms with van der Waals surface area (Å²) in [7, 11) is 0. The van der Waals surface area contributed by atoms with Gasteiger partial charge in [-0.2, -0.15) is 0 Å². The zero-order valence-electron chi connectivity index (χ0n) is 20.3. The second kappa shape index (κ2) is 11.2. The number of allylic oxidation sites excluding steroid dienone is 1. The van der Waals surface area contributed by atoms with Gasteiger partial charge in [-0.05, 0) is 26.3 Å². The number of esters is 2. The van der Waals surface area contributed by atoms with E-state index in [-0.39, 0.29) is 24.5 Å². The highest BCUT2D eigenvalue weighted by molar-refractivity contribution is 7.13. The van der Waals surface area contributed by atoms with Crippen LogP contribution in [0.5, 0.6) is 0 Å². The second-order valence-corrected chi connectivity index (χ2v) is 8.95. The Balaban J connectivity index is 1.91. The van der Waals surface area contributed by atoms with Crippen molar-refractivity contribution in [2.75, 3.05) is 13.2 Å². The first-order valence-electron chi connectivity index (χ1n) is 11.7. The lowest BCUT2D eigenvalue weighted by Gasteiger charge is -2.32. The molecule has 0 saturated carbocycles. The van der Waals surface area contributed by atoms with Crippen molar-refractivity contribution < 1.29 is 23.9 Å². The Labute approximate surface area is 213 Å². The van der Waals surface area contributed by atoms with E-state index in [1.165, 1.54) is 11.3 Å². The van der Waals surface area contributed by atoms with E-state index in [1.807, 2.05) is 60.0 Å². The standard InChI is InChI=1S/C28H26N2O5S/c1-4-34-27(32)23-17(3)29-21(15-31)25(28(33)35-5-2)24(23)19-13-9-10-14-20(19)26-30-22(16-36-26)18-11-7-6-8-12-18/h6-16,23-24H,4-5H2,1-3H3. The van der Waals surface area contributed by atoms with Crippen LogP contribution >= 0.6 is 11.3 Å². The summed E-state index contributed by atoms with van der Waals surface area (Å²) in [5.74, 6) is -2.94. The number of carbonyl (C=O) groups excluding carboxylic acids is 3. The molecule has 0 fully saturated rings. The molecule has 1 aliphatic rings. The topological polar surface area (TPSA) is 94.9 Å². The fraction of sp³-hybridized carbons (Fsp3) is 0.250. The Kier molecular flexibility index (Phi) is 7.85. The summed E-state index contributed by atoms with van der Waals surface area (Å²) in [6.45, 7) is 5.35. The number of carbonyl (C=O) groups is 3. The summed E-state index contributed by atoms with van der Waals surface area (Å²) in [4.78, 5) is 47.5. The summed E-state index contributed by atoms with van der Waals surface area (Å²) in [5, 5.41) is 2.69. The molecule has 36 heavy (non-hydrogen) atoms. The SMILES string of the molecule is CCOC(=O)C1=C(C=O)N=C(C)C(C(=O)OCC)C1c1ccccc1-c1nc(-c2ccccc2)cs1. The van der Waals surface area contributed by atoms with Gasteiger partial charge < -0.3 is 9.47 Å². The van der Waals surface area contributed by atoms with Crippen molar-refractivity contribution in [3.05, 3.63) is 76.8 Å². The van der Waals surface area contributed by atoms with E-state index in [2.05, 4.69) is 4.99 Å². The van der Waals surface area contributed by atoms with Gasteiger partial charge in [0.25, 0.3) is 0 Å². The highest BCUT2D eigenvalue weighted by atomic mass is 32.1. The molecule has 2 unspecified atom stereocenters. The quantitative estimate of drug-likeness (QED) is 0.309. The van der Waals surface area contributed by atoms with Crippen molar-refractivity contribution in [1.29, 1.82) is 0 Å². The Morgan fingerprint density at radius 1 is 1.00 bits per heavy atom. The van der Waals surface area contributed by atoms with Gasteiger partial charge in [0.05, 0.1) is 24.5 Å². The number of aromatic nitrogens is 1. The molecule has 0 spiro atoms. The van der Waals surface area contributed by atoms with Gasteiger partial charge in [-0.1, -0.05) is 54.6 Å². The Morgan fingerprint density at radius 3 is 2.39 bits per heavy atom. The largest absolute Gasteiger partial charge is 0.465 e. The van der Waals surface area contributed by atoms with Crippen molar-refractivity contribution in [3.8, 4) is 21.8 Å². The van der Waals surface area contributed by atoms with Gasteiger partial charge in [-0.25, -0.2) is 9.78 Å². The van der Waals surface area contributed by atoms with Crippen LogP contribution in [0.3, 0.4) is 0 Å². The number of hydrogen-bond donors (Lipinski definition) is 0. The highest BCUT2D eigenvalue weighted by Gasteiger charge is 2.44. The van der Waals surface area contributed by atoms with Crippen molar-refractivity contribution in [2.45, 2.75) is 26.7 Å². The fourth-order valence-corrected chi connectivity index (χ4v) is 5.27. The molecule has 8 heteroatoms. The van der Waals surface area contributed by atoms with E-state index in [9.17, 15) is 14.4 Å². The van der Waals surface area contributed by atoms with Crippen molar-refractivity contribution in [3.63, 3.8) is 0 Å². The van der Waals surface area contributed by atoms with Crippen LogP contribution in [0.4, 0.5) is 0 Å². The average Bonchev–Trinajstić information content (AvgIpc) is 3.39. The fourth-order valence-electron chi connectivity index (χ4n) is 4.39. The van der Waals surface area contributed by atoms with Crippen molar-refractivity contribution in [2.24, 2.45) is 10.9 Å². The lowest BCUT2D eigenvalue weighted by Crippen LogP contribution is -2.37. The molecule has 4 rings (SSSR count). The maximum absolute atomic E-state index is 13.2. The van der Waals surface area contributed by atoms with Crippen molar-refractivity contribution >= 4 is 35.3 Å². The van der Waals surface area contributed by atoms with Crippen LogP contribution in [0, 0.1) is 5.92 Å². The van der Waals surface area contributed by atoms with Crippen LogP contribution < -0.4 is 0 Å². The van der Waals surface area contributed by atoms with Crippen LogP contribution in [0.1, 0.15) is 32.3 Å². The van der Waals surface area contributed by atoms with E-state index < -0.39 is 23.8 Å². The molecule has 0 N–H and O–H groups in total. The number of nitrogens with zero attached hydrogens (tertiary/aromatic N) is 2. The molecule has 0 amide bonds. The summed E-state index contributed by atoms with van der Waals surface area (Å²) >= 11 is 1.46. The lowest BCUT2D eigenvalue weighted by molar-refractivity contribution is -0.146. The van der Waals surface area contributed by atoms with E-state index in [1.54, 1.807) is 20.8 Å². The van der Waals surface area contributed by atoms with Crippen LogP contribution in [0.15, 0.2) is 76.2 Å². The predicted molar refractivity (Wildman–Crippen MR) is 139 cm³/mol. The first kappa shape index (κ1) is 25.2. The number of aliphatic imine (C=N–C) groups is 1. The number of aldehydes is 1. The van der Waals surface area contributed by atoms with Crippen LogP contribution in [-0.2, 0) is 23.9 Å². The minimum Gasteiger partial charge on any atom is -0.465 e. The van der Waals surface area contributed by atoms with E-state index in [0.717, 1.165) is 21.8 Å². The first-order chi connectivity index (χ1) is 17.5. The highest BCUT2D eigenvalue weighted by Crippen LogP contribution is 2.44. The summed E-state index contributed by atoms with van der Waals surface area (Å²) < 4.78 is 10.7. The predicted octanol–water partition coefficient (Wildman–Crippen LogP) is 5.23. The molecule has 1 aliphatic heterocycles. The van der Waals surface area contributed by atoms with Gasteiger partial charge in [0.1, 0.15) is 16.6 Å². The lowest BCUT2D eigenvalue weighted by atomic mass is 9.74. The Morgan fingerprint density at radius 2 is 1.69 bits per heavy atom. The monoisotopic (exact) mass is 502 g/mol. The van der Waals surface area contributed by atoms with Crippen LogP contribution in [0.25, 0.3) is 21.8 Å². The molecule has 3 aromatic rings. The zero-order valence-corrected chi connectivity index (χ0v) is 21.1. The summed E-state index contributed by atoms with van der Waals surface area (Å²) in [6, 6.07) is 17.3. The van der Waals surface area contributed by atoms with Gasteiger partial charge in [0.2, 0.25) is 0 Å². The van der Waals surface area contributed by atoms with E-state index in [4.69, 9.17) is 14.5 Å². The molecule has 0 saturated heterocycles. The molecule has 7 nitrogen and oxygen atoms in total. The van der Waals surface area contributed by atoms with E-state index >= 15 is 0 Å². The zero-order chi connectivity index (χ0) is 25.7. The molecule has 2 atom stereocenters. The number of thiazole rings is 1. The van der Waals surface area contributed by atoms with Gasteiger partial charge in [-0.3, -0.25) is 14.6 Å². The molecule has 2 aromatic carbocycles. The number of hydrogen-bond acceptors (Lipinski definition) is 8. The van der Waals surface area contributed by atoms with Crippen LogP contribution in [-0.4, -0.2) is 42.1 Å². The van der Waals surface area contributed by atoms with Gasteiger partial charge in [-0.15, -0.1) is 11.3 Å². The summed E-state index contributed by atoms with van der Waals surface area (Å²) in [6.07, 6.45) is 0.531. The molecular formula is C28H26N2O5S. The van der Waals surface area contributed by atoms with Crippen molar-refractivity contribution in [1.82, 2.24) is 4.98 Å². The average molecular weight is 503 g/mol. The normalized spacial score (nSPS) is 17.4. The third-order valence-electron chi connectivity index (χ3n) is 5.91. The maximum atomic E-state index is 13.2. The Bertz CT molecular complexity index is 1340. The first-order valence-corrected chi connectivity index (χ1v) is 12.6. The minimum absolute atomic E-state index is 0.0443. The van der Waals surface area contributed by atoms with Gasteiger partial charge >= 0.3 is 11.9 Å². The number of rotatable bonds is 8. The second-order valence-electron chi connectivity index (χ2n) is 8.09.